The molecule has 5 atom stereocenters. The summed E-state index contributed by atoms with van der Waals surface area (Å²) >= 11 is 0. The summed E-state index contributed by atoms with van der Waals surface area (Å²) in [5.41, 5.74) is -0.138. The number of ether oxygens (including phenoxy) is 3. The van der Waals surface area contributed by atoms with Crippen LogP contribution in [0.3, 0.4) is 0 Å². The van der Waals surface area contributed by atoms with Gasteiger partial charge in [0.1, 0.15) is 0 Å². The van der Waals surface area contributed by atoms with Gasteiger partial charge in [0, 0.05) is 37.2 Å². The molecule has 1 N–H and O–H groups in total. The fraction of sp³-hybridized carbons (Fsp3) is 0.824. The smallest absolute Gasteiger partial charge is 0.336 e. The number of esters is 1. The number of aliphatic hydroxyl groups is 1. The van der Waals surface area contributed by atoms with Crippen LogP contribution >= 0.6 is 0 Å². The molecule has 5 nitrogen and oxygen atoms in total. The van der Waals surface area contributed by atoms with Gasteiger partial charge in [0.2, 0.25) is 5.79 Å². The van der Waals surface area contributed by atoms with E-state index in [-0.39, 0.29) is 18.3 Å². The van der Waals surface area contributed by atoms with Crippen molar-refractivity contribution in [2.24, 2.45) is 11.3 Å². The number of hydrogen-bond acceptors (Lipinski definition) is 5. The predicted molar refractivity (Wildman–Crippen MR) is 80.0 cm³/mol. The lowest BCUT2D eigenvalue weighted by molar-refractivity contribution is -0.282. The van der Waals surface area contributed by atoms with Gasteiger partial charge in [0.05, 0.1) is 11.7 Å². The first-order valence-electron chi connectivity index (χ1n) is 8.00. The van der Waals surface area contributed by atoms with E-state index in [2.05, 4.69) is 13.8 Å². The molecule has 1 heterocycles. The van der Waals surface area contributed by atoms with E-state index in [1.54, 1.807) is 14.0 Å². The van der Waals surface area contributed by atoms with Crippen LogP contribution in [-0.4, -0.2) is 42.8 Å². The highest BCUT2D eigenvalue weighted by Crippen LogP contribution is 2.62. The Kier molecular flexibility index (Phi) is 3.48. The minimum atomic E-state index is -1.19. The Balaban J connectivity index is 2.22. The van der Waals surface area contributed by atoms with E-state index in [0.717, 1.165) is 18.4 Å². The molecule has 0 bridgehead atoms. The maximum atomic E-state index is 12.2. The maximum absolute atomic E-state index is 12.2. The van der Waals surface area contributed by atoms with Crippen LogP contribution in [0.1, 0.15) is 46.5 Å². The number of hydrogen-bond donors (Lipinski definition) is 1. The Bertz CT molecular complexity index is 541. The first-order chi connectivity index (χ1) is 10.3. The van der Waals surface area contributed by atoms with E-state index in [9.17, 15) is 9.90 Å². The van der Waals surface area contributed by atoms with Crippen LogP contribution in [0.2, 0.25) is 0 Å². The zero-order valence-electron chi connectivity index (χ0n) is 14.1. The van der Waals surface area contributed by atoms with Crippen molar-refractivity contribution in [3.05, 3.63) is 11.1 Å². The molecule has 0 amide bonds. The third kappa shape index (κ3) is 1.67. The normalized spacial score (nSPS) is 48.0. The van der Waals surface area contributed by atoms with Crippen molar-refractivity contribution < 1.29 is 24.1 Å². The van der Waals surface area contributed by atoms with Gasteiger partial charge in [-0.15, -0.1) is 0 Å². The second-order valence-corrected chi connectivity index (χ2v) is 7.29. The lowest BCUT2D eigenvalue weighted by Gasteiger charge is -2.61. The van der Waals surface area contributed by atoms with E-state index in [1.807, 2.05) is 0 Å². The number of methoxy groups -OCH3 is 2. The first-order valence-corrected chi connectivity index (χ1v) is 8.00. The van der Waals surface area contributed by atoms with Gasteiger partial charge in [0.15, 0.2) is 0 Å². The summed E-state index contributed by atoms with van der Waals surface area (Å²) in [6, 6.07) is 0. The monoisotopic (exact) mass is 310 g/mol. The quantitative estimate of drug-likeness (QED) is 0.792. The molecule has 2 saturated carbocycles. The Labute approximate surface area is 131 Å². The molecule has 0 saturated heterocycles. The highest BCUT2D eigenvalue weighted by Gasteiger charge is 2.69. The summed E-state index contributed by atoms with van der Waals surface area (Å²) in [7, 11) is 3.16. The molecule has 2 aliphatic carbocycles. The minimum absolute atomic E-state index is 0.273. The topological polar surface area (TPSA) is 65.0 Å². The maximum Gasteiger partial charge on any atom is 0.336 e. The van der Waals surface area contributed by atoms with Gasteiger partial charge < -0.3 is 19.3 Å². The van der Waals surface area contributed by atoms with Gasteiger partial charge >= 0.3 is 5.97 Å². The number of carbonyl (C=O) groups excluding carboxylic acids is 1. The van der Waals surface area contributed by atoms with E-state index < -0.39 is 22.9 Å². The highest BCUT2D eigenvalue weighted by molar-refractivity contribution is 5.92. The largest absolute Gasteiger partial charge is 0.425 e. The standard InChI is InChI=1S/C17H26O5/c1-10-7-6-8-16(19)9-17(21-5)12(11(2)14(18)22-17)13(20-4)15(10,16)3/h10,13,19H,6-9H2,1-5H3/t10-,13-,15-,16-,17-/m0/s1. The molecule has 3 aliphatic rings. The van der Waals surface area contributed by atoms with Crippen molar-refractivity contribution in [1.29, 1.82) is 0 Å². The molecule has 0 aromatic rings. The summed E-state index contributed by atoms with van der Waals surface area (Å²) in [6.45, 7) is 5.99. The fourth-order valence-electron chi connectivity index (χ4n) is 4.99. The summed E-state index contributed by atoms with van der Waals surface area (Å²) < 4.78 is 17.0. The molecule has 3 rings (SSSR count). The molecule has 5 heteroatoms. The first kappa shape index (κ1) is 16.0. The zero-order chi connectivity index (χ0) is 16.3. The molecular formula is C17H26O5. The summed E-state index contributed by atoms with van der Waals surface area (Å²) in [6.07, 6.45) is 2.54. The fourth-order valence-corrected chi connectivity index (χ4v) is 4.99. The average Bonchev–Trinajstić information content (AvgIpc) is 2.71. The van der Waals surface area contributed by atoms with Crippen LogP contribution in [0, 0.1) is 11.3 Å². The molecule has 0 radical (unpaired) electrons. The highest BCUT2D eigenvalue weighted by atomic mass is 16.7. The molecule has 0 unspecified atom stereocenters. The third-order valence-corrected chi connectivity index (χ3v) is 6.53. The number of carbonyl (C=O) groups is 1. The van der Waals surface area contributed by atoms with E-state index >= 15 is 0 Å². The average molecular weight is 310 g/mol. The number of rotatable bonds is 2. The van der Waals surface area contributed by atoms with Gasteiger partial charge in [-0.2, -0.15) is 0 Å². The van der Waals surface area contributed by atoms with Crippen LogP contribution in [0.4, 0.5) is 0 Å². The van der Waals surface area contributed by atoms with E-state index in [0.29, 0.717) is 12.0 Å². The number of fused-ring (bicyclic) bond motifs is 2. The summed E-state index contributed by atoms with van der Waals surface area (Å²) in [4.78, 5) is 12.2. The van der Waals surface area contributed by atoms with Crippen molar-refractivity contribution in [2.45, 2.75) is 63.9 Å². The lowest BCUT2D eigenvalue weighted by Crippen LogP contribution is -2.68. The van der Waals surface area contributed by atoms with Gasteiger partial charge in [-0.05, 0) is 25.7 Å². The van der Waals surface area contributed by atoms with Crippen molar-refractivity contribution in [3.63, 3.8) is 0 Å². The lowest BCUT2D eigenvalue weighted by atomic mass is 9.49. The van der Waals surface area contributed by atoms with Crippen molar-refractivity contribution in [1.82, 2.24) is 0 Å². The van der Waals surface area contributed by atoms with Crippen LogP contribution in [0.5, 0.6) is 0 Å². The van der Waals surface area contributed by atoms with Crippen LogP contribution < -0.4 is 0 Å². The van der Waals surface area contributed by atoms with E-state index in [4.69, 9.17) is 14.2 Å². The van der Waals surface area contributed by atoms with Crippen molar-refractivity contribution >= 4 is 5.97 Å². The molecule has 1 aliphatic heterocycles. The Morgan fingerprint density at radius 2 is 2.05 bits per heavy atom. The zero-order valence-corrected chi connectivity index (χ0v) is 14.1. The minimum Gasteiger partial charge on any atom is -0.425 e. The molecule has 124 valence electrons. The third-order valence-electron chi connectivity index (χ3n) is 6.53. The summed E-state index contributed by atoms with van der Waals surface area (Å²) in [5.74, 6) is -1.29. The summed E-state index contributed by atoms with van der Waals surface area (Å²) in [5, 5.41) is 11.5. The molecule has 0 spiro atoms. The van der Waals surface area contributed by atoms with Gasteiger partial charge in [-0.25, -0.2) is 4.79 Å². The van der Waals surface area contributed by atoms with Crippen LogP contribution in [-0.2, 0) is 19.0 Å². The van der Waals surface area contributed by atoms with Crippen LogP contribution in [0.25, 0.3) is 0 Å². The van der Waals surface area contributed by atoms with Gasteiger partial charge in [-0.1, -0.05) is 20.3 Å². The van der Waals surface area contributed by atoms with Crippen molar-refractivity contribution in [3.8, 4) is 0 Å². The van der Waals surface area contributed by atoms with Crippen LogP contribution in [0.15, 0.2) is 11.1 Å². The second kappa shape index (κ2) is 4.79. The molecule has 22 heavy (non-hydrogen) atoms. The second-order valence-electron chi connectivity index (χ2n) is 7.29. The molecule has 2 fully saturated rings. The molecule has 0 aromatic carbocycles. The Morgan fingerprint density at radius 3 is 2.64 bits per heavy atom. The molecule has 0 aromatic heterocycles. The molecular weight excluding hydrogens is 284 g/mol. The SMILES string of the molecule is CO[C@H]1C2=C(C)C(=O)O[C@@]2(OC)C[C@@]2(O)CCC[C@H](C)[C@@]12C. The van der Waals surface area contributed by atoms with Gasteiger partial charge in [-0.3, -0.25) is 0 Å². The van der Waals surface area contributed by atoms with Crippen molar-refractivity contribution in [2.75, 3.05) is 14.2 Å². The Hall–Kier alpha value is -0.910. The Morgan fingerprint density at radius 1 is 1.36 bits per heavy atom. The predicted octanol–water partition coefficient (Wildman–Crippen LogP) is 2.18. The van der Waals surface area contributed by atoms with E-state index in [1.165, 1.54) is 7.11 Å². The van der Waals surface area contributed by atoms with Gasteiger partial charge in [0.25, 0.3) is 0 Å².